The maximum Gasteiger partial charge on any atom is 0.0738 e. The first-order chi connectivity index (χ1) is 7.99. The number of aryl methyl sites for hydroxylation is 3. The Balaban J connectivity index is 2.37. The molecule has 0 aliphatic heterocycles. The normalized spacial score (nSPS) is 10.9. The summed E-state index contributed by atoms with van der Waals surface area (Å²) in [6.07, 6.45) is 0. The largest absolute Gasteiger partial charge is 0.264 e. The fraction of sp³-hybridized carbons (Fsp3) is 0.357. The lowest BCUT2D eigenvalue weighted by Crippen LogP contribution is -2.05. The molecule has 2 nitrogen and oxygen atoms in total. The molecule has 0 saturated heterocycles. The third-order valence-corrected chi connectivity index (χ3v) is 4.27. The molecule has 0 N–H and O–H groups in total. The van der Waals surface area contributed by atoms with Crippen LogP contribution < -0.4 is 0 Å². The van der Waals surface area contributed by atoms with Crippen LogP contribution in [0.4, 0.5) is 0 Å². The highest BCUT2D eigenvalue weighted by atomic mass is 79.9. The maximum atomic E-state index is 4.55. The zero-order valence-corrected chi connectivity index (χ0v) is 12.3. The van der Waals surface area contributed by atoms with E-state index in [9.17, 15) is 0 Å². The Morgan fingerprint density at radius 1 is 1.18 bits per heavy atom. The Labute approximate surface area is 111 Å². The minimum Gasteiger partial charge on any atom is -0.264 e. The van der Waals surface area contributed by atoms with Crippen LogP contribution in [0.1, 0.15) is 28.1 Å². The summed E-state index contributed by atoms with van der Waals surface area (Å²) in [6.45, 7) is 9.23. The van der Waals surface area contributed by atoms with E-state index in [0.29, 0.717) is 0 Å². The summed E-state index contributed by atoms with van der Waals surface area (Å²) >= 11 is 3.56. The summed E-state index contributed by atoms with van der Waals surface area (Å²) in [5.74, 6) is 0. The first-order valence-corrected chi connectivity index (χ1v) is 6.54. The van der Waals surface area contributed by atoms with Crippen LogP contribution in [0.3, 0.4) is 0 Å². The third kappa shape index (κ3) is 2.44. The molecule has 0 saturated carbocycles. The number of nitrogens with zero attached hydrogens (tertiary/aromatic N) is 2. The highest BCUT2D eigenvalue weighted by molar-refractivity contribution is 9.10. The quantitative estimate of drug-likeness (QED) is 0.820. The Bertz CT molecular complexity index is 556. The number of aromatic nitrogens is 2. The van der Waals surface area contributed by atoms with Gasteiger partial charge in [-0.1, -0.05) is 23.8 Å². The predicted molar refractivity (Wildman–Crippen MR) is 74.4 cm³/mol. The van der Waals surface area contributed by atoms with Gasteiger partial charge in [-0.25, -0.2) is 0 Å². The molecule has 0 spiro atoms. The minimum atomic E-state index is 0.839. The average Bonchev–Trinajstić information content (AvgIpc) is 2.52. The van der Waals surface area contributed by atoms with Gasteiger partial charge in [-0.15, -0.1) is 0 Å². The lowest BCUT2D eigenvalue weighted by molar-refractivity contribution is 0.656. The molecule has 1 aromatic carbocycles. The standard InChI is InChI=1S/C14H17BrN2/c1-9-5-6-10(2)13(7-9)8-17-12(4)14(15)11(3)16-17/h5-7H,8H2,1-4H3. The van der Waals surface area contributed by atoms with Crippen molar-refractivity contribution in [2.75, 3.05) is 0 Å². The lowest BCUT2D eigenvalue weighted by atomic mass is 10.1. The summed E-state index contributed by atoms with van der Waals surface area (Å²) in [7, 11) is 0. The molecule has 0 unspecified atom stereocenters. The van der Waals surface area contributed by atoms with Crippen molar-refractivity contribution in [2.45, 2.75) is 34.2 Å². The molecule has 0 radical (unpaired) electrons. The van der Waals surface area contributed by atoms with E-state index >= 15 is 0 Å². The van der Waals surface area contributed by atoms with Crippen LogP contribution >= 0.6 is 15.9 Å². The van der Waals surface area contributed by atoms with Crippen molar-refractivity contribution in [1.29, 1.82) is 0 Å². The second-order valence-electron chi connectivity index (χ2n) is 4.57. The van der Waals surface area contributed by atoms with Gasteiger partial charge in [-0.05, 0) is 54.8 Å². The van der Waals surface area contributed by atoms with Crippen molar-refractivity contribution in [3.8, 4) is 0 Å². The molecule has 0 atom stereocenters. The molecule has 0 aliphatic rings. The van der Waals surface area contributed by atoms with Gasteiger partial charge in [0.1, 0.15) is 0 Å². The van der Waals surface area contributed by atoms with Gasteiger partial charge in [0, 0.05) is 0 Å². The molecule has 90 valence electrons. The molecule has 2 rings (SSSR count). The van der Waals surface area contributed by atoms with E-state index in [2.05, 4.69) is 64.7 Å². The maximum absolute atomic E-state index is 4.55. The van der Waals surface area contributed by atoms with Crippen molar-refractivity contribution in [1.82, 2.24) is 9.78 Å². The molecular formula is C14H17BrN2. The van der Waals surface area contributed by atoms with Gasteiger partial charge in [0.25, 0.3) is 0 Å². The zero-order valence-electron chi connectivity index (χ0n) is 10.7. The van der Waals surface area contributed by atoms with Crippen molar-refractivity contribution in [3.05, 3.63) is 50.8 Å². The van der Waals surface area contributed by atoms with E-state index in [0.717, 1.165) is 16.7 Å². The Morgan fingerprint density at radius 3 is 2.47 bits per heavy atom. The topological polar surface area (TPSA) is 17.8 Å². The molecule has 17 heavy (non-hydrogen) atoms. The van der Waals surface area contributed by atoms with E-state index in [1.807, 2.05) is 6.92 Å². The summed E-state index contributed by atoms with van der Waals surface area (Å²) < 4.78 is 3.17. The van der Waals surface area contributed by atoms with E-state index in [4.69, 9.17) is 0 Å². The van der Waals surface area contributed by atoms with E-state index < -0.39 is 0 Å². The van der Waals surface area contributed by atoms with Crippen molar-refractivity contribution >= 4 is 15.9 Å². The van der Waals surface area contributed by atoms with E-state index in [1.165, 1.54) is 22.4 Å². The van der Waals surface area contributed by atoms with Gasteiger partial charge < -0.3 is 0 Å². The third-order valence-electron chi connectivity index (χ3n) is 3.12. The lowest BCUT2D eigenvalue weighted by Gasteiger charge is -2.09. The fourth-order valence-corrected chi connectivity index (χ4v) is 2.24. The van der Waals surface area contributed by atoms with Gasteiger partial charge in [0.2, 0.25) is 0 Å². The highest BCUT2D eigenvalue weighted by Gasteiger charge is 2.09. The van der Waals surface area contributed by atoms with Crippen LogP contribution in [0.5, 0.6) is 0 Å². The van der Waals surface area contributed by atoms with Gasteiger partial charge in [-0.2, -0.15) is 5.10 Å². The number of hydrogen-bond acceptors (Lipinski definition) is 1. The van der Waals surface area contributed by atoms with Crippen LogP contribution in [0, 0.1) is 27.7 Å². The molecule has 1 heterocycles. The molecule has 0 fully saturated rings. The second kappa shape index (κ2) is 4.65. The molecule has 2 aromatic rings. The smallest absolute Gasteiger partial charge is 0.0738 e. The first kappa shape index (κ1) is 12.4. The monoisotopic (exact) mass is 292 g/mol. The Hall–Kier alpha value is -1.09. The molecule has 1 aromatic heterocycles. The number of hydrogen-bond donors (Lipinski definition) is 0. The molecule has 0 amide bonds. The van der Waals surface area contributed by atoms with Crippen LogP contribution in [-0.2, 0) is 6.54 Å². The van der Waals surface area contributed by atoms with Gasteiger partial charge in [0.15, 0.2) is 0 Å². The summed E-state index contributed by atoms with van der Waals surface area (Å²) in [6, 6.07) is 6.56. The van der Waals surface area contributed by atoms with Crippen LogP contribution in [0.15, 0.2) is 22.7 Å². The molecular weight excluding hydrogens is 276 g/mol. The summed E-state index contributed by atoms with van der Waals surface area (Å²) in [5, 5.41) is 4.55. The highest BCUT2D eigenvalue weighted by Crippen LogP contribution is 2.21. The molecule has 0 bridgehead atoms. The average molecular weight is 293 g/mol. The van der Waals surface area contributed by atoms with Crippen LogP contribution in [-0.4, -0.2) is 9.78 Å². The number of rotatable bonds is 2. The van der Waals surface area contributed by atoms with E-state index in [1.54, 1.807) is 0 Å². The fourth-order valence-electron chi connectivity index (χ4n) is 1.96. The van der Waals surface area contributed by atoms with Gasteiger partial charge >= 0.3 is 0 Å². The SMILES string of the molecule is Cc1ccc(C)c(Cn2nc(C)c(Br)c2C)c1. The zero-order chi connectivity index (χ0) is 12.6. The first-order valence-electron chi connectivity index (χ1n) is 5.74. The molecule has 3 heteroatoms. The van der Waals surface area contributed by atoms with Crippen LogP contribution in [0.25, 0.3) is 0 Å². The van der Waals surface area contributed by atoms with Crippen molar-refractivity contribution in [2.24, 2.45) is 0 Å². The van der Waals surface area contributed by atoms with Crippen molar-refractivity contribution < 1.29 is 0 Å². The minimum absolute atomic E-state index is 0.839. The number of halogens is 1. The van der Waals surface area contributed by atoms with Gasteiger partial charge in [0.05, 0.1) is 22.4 Å². The van der Waals surface area contributed by atoms with Crippen LogP contribution in [0.2, 0.25) is 0 Å². The summed E-state index contributed by atoms with van der Waals surface area (Å²) in [5.41, 5.74) is 6.18. The Morgan fingerprint density at radius 2 is 1.88 bits per heavy atom. The van der Waals surface area contributed by atoms with E-state index in [-0.39, 0.29) is 0 Å². The predicted octanol–water partition coefficient (Wildman–Crippen LogP) is 3.93. The van der Waals surface area contributed by atoms with Gasteiger partial charge in [-0.3, -0.25) is 4.68 Å². The second-order valence-corrected chi connectivity index (χ2v) is 5.37. The van der Waals surface area contributed by atoms with Crippen molar-refractivity contribution in [3.63, 3.8) is 0 Å². The number of benzene rings is 1. The Kier molecular flexibility index (Phi) is 3.38. The molecule has 0 aliphatic carbocycles. The summed E-state index contributed by atoms with van der Waals surface area (Å²) in [4.78, 5) is 0.